The highest BCUT2D eigenvalue weighted by Crippen LogP contribution is 2.40. The molecular weight excluding hydrogens is 480 g/mol. The second-order valence-electron chi connectivity index (χ2n) is 9.81. The van der Waals surface area contributed by atoms with Crippen molar-refractivity contribution in [2.24, 2.45) is 0 Å². The third-order valence-electron chi connectivity index (χ3n) is 7.23. The lowest BCUT2D eigenvalue weighted by Gasteiger charge is -2.31. The number of pyridine rings is 2. The van der Waals surface area contributed by atoms with E-state index in [-0.39, 0.29) is 23.4 Å². The Kier molecular flexibility index (Phi) is 6.07. The van der Waals surface area contributed by atoms with Gasteiger partial charge in [-0.1, -0.05) is 6.58 Å². The SMILES string of the molecule is C=CC(=O)N1CCCC(c2nc(-c3ccc(C(=O)Nc4cc(C5CC5)ccn4)nc3)n3c(N)nccc23)C1. The van der Waals surface area contributed by atoms with Crippen LogP contribution < -0.4 is 11.1 Å². The molecule has 2 amide bonds. The van der Waals surface area contributed by atoms with E-state index in [1.807, 2.05) is 18.2 Å². The van der Waals surface area contributed by atoms with Gasteiger partial charge in [-0.05, 0) is 73.6 Å². The van der Waals surface area contributed by atoms with Crippen LogP contribution in [-0.4, -0.2) is 54.1 Å². The van der Waals surface area contributed by atoms with E-state index in [1.54, 1.807) is 40.0 Å². The van der Waals surface area contributed by atoms with Crippen molar-refractivity contribution in [2.75, 3.05) is 24.1 Å². The molecular formula is C28H28N8O2. The summed E-state index contributed by atoms with van der Waals surface area (Å²) in [5.41, 5.74) is 10.1. The highest BCUT2D eigenvalue weighted by molar-refractivity contribution is 6.02. The van der Waals surface area contributed by atoms with E-state index in [9.17, 15) is 9.59 Å². The van der Waals surface area contributed by atoms with E-state index in [1.165, 1.54) is 24.5 Å². The number of nitrogen functional groups attached to an aromatic ring is 1. The van der Waals surface area contributed by atoms with Gasteiger partial charge in [-0.2, -0.15) is 0 Å². The number of nitrogens with two attached hydrogens (primary N) is 1. The molecule has 4 aromatic rings. The Morgan fingerprint density at radius 3 is 2.66 bits per heavy atom. The number of carbonyl (C=O) groups is 2. The first-order chi connectivity index (χ1) is 18.5. The summed E-state index contributed by atoms with van der Waals surface area (Å²) in [5.74, 6) is 1.62. The number of nitrogens with zero attached hydrogens (tertiary/aromatic N) is 6. The van der Waals surface area contributed by atoms with Gasteiger partial charge in [-0.15, -0.1) is 0 Å². The number of fused-ring (bicyclic) bond motifs is 1. The maximum Gasteiger partial charge on any atom is 0.275 e. The van der Waals surface area contributed by atoms with Crippen molar-refractivity contribution in [3.8, 4) is 11.4 Å². The molecule has 192 valence electrons. The molecule has 1 unspecified atom stereocenters. The molecule has 4 aromatic heterocycles. The van der Waals surface area contributed by atoms with Crippen LogP contribution in [0.5, 0.6) is 0 Å². The Balaban J connectivity index is 1.28. The fourth-order valence-corrected chi connectivity index (χ4v) is 5.13. The zero-order valence-corrected chi connectivity index (χ0v) is 20.9. The minimum Gasteiger partial charge on any atom is -0.369 e. The second-order valence-corrected chi connectivity index (χ2v) is 9.81. The van der Waals surface area contributed by atoms with Crippen molar-refractivity contribution in [1.29, 1.82) is 0 Å². The highest BCUT2D eigenvalue weighted by Gasteiger charge is 2.28. The van der Waals surface area contributed by atoms with Gasteiger partial charge in [0, 0.05) is 43.2 Å². The van der Waals surface area contributed by atoms with Gasteiger partial charge in [0.15, 0.2) is 0 Å². The summed E-state index contributed by atoms with van der Waals surface area (Å²) >= 11 is 0. The van der Waals surface area contributed by atoms with E-state index in [0.29, 0.717) is 42.2 Å². The van der Waals surface area contributed by atoms with Crippen LogP contribution in [0.1, 0.15) is 59.3 Å². The van der Waals surface area contributed by atoms with Crippen LogP contribution >= 0.6 is 0 Å². The summed E-state index contributed by atoms with van der Waals surface area (Å²) in [6, 6.07) is 9.26. The smallest absolute Gasteiger partial charge is 0.275 e. The largest absolute Gasteiger partial charge is 0.369 e. The first-order valence-corrected chi connectivity index (χ1v) is 12.8. The molecule has 0 aromatic carbocycles. The van der Waals surface area contributed by atoms with E-state index in [0.717, 1.165) is 24.1 Å². The minimum absolute atomic E-state index is 0.0510. The van der Waals surface area contributed by atoms with Crippen LogP contribution in [0.4, 0.5) is 11.8 Å². The number of carbonyl (C=O) groups excluding carboxylic acids is 2. The van der Waals surface area contributed by atoms with Crippen molar-refractivity contribution in [3.63, 3.8) is 0 Å². The van der Waals surface area contributed by atoms with E-state index >= 15 is 0 Å². The Morgan fingerprint density at radius 2 is 1.89 bits per heavy atom. The van der Waals surface area contributed by atoms with Gasteiger partial charge in [0.05, 0.1) is 11.2 Å². The molecule has 10 nitrogen and oxygen atoms in total. The van der Waals surface area contributed by atoms with Crippen molar-refractivity contribution in [3.05, 3.63) is 78.5 Å². The summed E-state index contributed by atoms with van der Waals surface area (Å²) < 4.78 is 1.80. The Labute approximate surface area is 219 Å². The van der Waals surface area contributed by atoms with E-state index < -0.39 is 0 Å². The van der Waals surface area contributed by atoms with Crippen molar-refractivity contribution >= 4 is 29.1 Å². The number of hydrogen-bond donors (Lipinski definition) is 2. The lowest BCUT2D eigenvalue weighted by Crippen LogP contribution is -2.38. The number of anilines is 2. The molecule has 2 fully saturated rings. The number of piperidine rings is 1. The fourth-order valence-electron chi connectivity index (χ4n) is 5.13. The van der Waals surface area contributed by atoms with Crippen LogP contribution in [0.2, 0.25) is 0 Å². The minimum atomic E-state index is -0.332. The molecule has 0 bridgehead atoms. The van der Waals surface area contributed by atoms with Crippen molar-refractivity contribution in [2.45, 2.75) is 37.5 Å². The number of likely N-dealkylation sites (tertiary alicyclic amines) is 1. The second kappa shape index (κ2) is 9.70. The van der Waals surface area contributed by atoms with Gasteiger partial charge in [0.2, 0.25) is 11.9 Å². The molecule has 1 aliphatic carbocycles. The van der Waals surface area contributed by atoms with Gasteiger partial charge < -0.3 is 16.0 Å². The van der Waals surface area contributed by atoms with Crippen LogP contribution in [0.3, 0.4) is 0 Å². The van der Waals surface area contributed by atoms with Crippen LogP contribution in [0.25, 0.3) is 16.9 Å². The topological polar surface area (TPSA) is 131 Å². The monoisotopic (exact) mass is 508 g/mol. The van der Waals surface area contributed by atoms with Crippen molar-refractivity contribution < 1.29 is 9.59 Å². The standard InChI is InChI=1S/C28H28N8O2/c1-2-24(37)35-13-3-4-20(16-35)25-22-10-12-31-28(29)36(22)26(34-25)19-7-8-21(32-15-19)27(38)33-23-14-18(9-11-30-23)17-5-6-17/h2,7-12,14-15,17,20H,1,3-6,13,16H2,(H2,29,31)(H,30,33,38). The summed E-state index contributed by atoms with van der Waals surface area (Å²) in [4.78, 5) is 44.8. The zero-order chi connectivity index (χ0) is 26.2. The van der Waals surface area contributed by atoms with Gasteiger partial charge in [-0.25, -0.2) is 15.0 Å². The summed E-state index contributed by atoms with van der Waals surface area (Å²) in [7, 11) is 0. The first kappa shape index (κ1) is 23.8. The number of nitrogens with one attached hydrogen (secondary N) is 1. The first-order valence-electron chi connectivity index (χ1n) is 12.8. The van der Waals surface area contributed by atoms with Gasteiger partial charge in [0.25, 0.3) is 5.91 Å². The van der Waals surface area contributed by atoms with E-state index in [4.69, 9.17) is 10.7 Å². The number of rotatable bonds is 6. The third kappa shape index (κ3) is 4.49. The number of amides is 2. The Bertz CT molecular complexity index is 1540. The lowest BCUT2D eigenvalue weighted by molar-refractivity contribution is -0.127. The average Bonchev–Trinajstić information content (AvgIpc) is 3.73. The van der Waals surface area contributed by atoms with Crippen molar-refractivity contribution in [1.82, 2.24) is 29.2 Å². The molecule has 1 atom stereocenters. The summed E-state index contributed by atoms with van der Waals surface area (Å²) in [6.45, 7) is 4.89. The van der Waals surface area contributed by atoms with E-state index in [2.05, 4.69) is 26.8 Å². The Morgan fingerprint density at radius 1 is 1.05 bits per heavy atom. The zero-order valence-electron chi connectivity index (χ0n) is 20.9. The molecule has 10 heteroatoms. The van der Waals surface area contributed by atoms with Crippen LogP contribution in [0, 0.1) is 0 Å². The number of imidazole rings is 1. The summed E-state index contributed by atoms with van der Waals surface area (Å²) in [6.07, 6.45) is 10.5. The molecule has 3 N–H and O–H groups in total. The molecule has 38 heavy (non-hydrogen) atoms. The summed E-state index contributed by atoms with van der Waals surface area (Å²) in [5, 5.41) is 2.84. The van der Waals surface area contributed by atoms with Gasteiger partial charge in [0.1, 0.15) is 17.3 Å². The predicted octanol–water partition coefficient (Wildman–Crippen LogP) is 3.79. The molecule has 2 aliphatic rings. The molecule has 1 saturated heterocycles. The highest BCUT2D eigenvalue weighted by atomic mass is 16.2. The maximum atomic E-state index is 12.8. The average molecular weight is 509 g/mol. The normalized spacial score (nSPS) is 17.4. The number of hydrogen-bond acceptors (Lipinski definition) is 7. The molecule has 1 aliphatic heterocycles. The predicted molar refractivity (Wildman–Crippen MR) is 144 cm³/mol. The molecule has 1 saturated carbocycles. The molecule has 0 spiro atoms. The molecule has 5 heterocycles. The maximum absolute atomic E-state index is 12.8. The van der Waals surface area contributed by atoms with Gasteiger partial charge >= 0.3 is 0 Å². The quantitative estimate of drug-likeness (QED) is 0.379. The Hall–Kier alpha value is -4.60. The van der Waals surface area contributed by atoms with Crippen LogP contribution in [0.15, 0.2) is 61.6 Å². The lowest BCUT2D eigenvalue weighted by atomic mass is 9.94. The molecule has 6 rings (SSSR count). The van der Waals surface area contributed by atoms with Gasteiger partial charge in [-0.3, -0.25) is 19.0 Å². The fraction of sp³-hybridized carbons (Fsp3) is 0.286. The molecule has 0 radical (unpaired) electrons. The van der Waals surface area contributed by atoms with Crippen LogP contribution in [-0.2, 0) is 4.79 Å². The third-order valence-corrected chi connectivity index (χ3v) is 7.23. The number of aromatic nitrogens is 5.